The minimum absolute atomic E-state index is 0.177. The molecule has 1 atom stereocenters. The van der Waals surface area contributed by atoms with E-state index in [1.54, 1.807) is 0 Å². The molecule has 5 nitrogen and oxygen atoms in total. The van der Waals surface area contributed by atoms with Crippen molar-refractivity contribution in [2.75, 3.05) is 19.7 Å². The van der Waals surface area contributed by atoms with E-state index in [4.69, 9.17) is 19.1 Å². The van der Waals surface area contributed by atoms with Crippen LogP contribution in [0.25, 0.3) is 0 Å². The Hall–Kier alpha value is -1.54. The number of likely N-dealkylation sites (tertiary alicyclic amines) is 1. The summed E-state index contributed by atoms with van der Waals surface area (Å²) in [4.78, 5) is 11.4. The third-order valence-electron chi connectivity index (χ3n) is 4.42. The van der Waals surface area contributed by atoms with E-state index >= 15 is 0 Å². The molecule has 136 valence electrons. The van der Waals surface area contributed by atoms with Gasteiger partial charge in [0.25, 0.3) is 0 Å². The molecular weight excluding hydrogens is 327 g/mol. The van der Waals surface area contributed by atoms with Gasteiger partial charge in [-0.05, 0) is 44.7 Å². The topological polar surface area (TPSA) is 62.9 Å². The van der Waals surface area contributed by atoms with Gasteiger partial charge in [0.15, 0.2) is 0 Å². The monoisotopic (exact) mass is 349 g/mol. The van der Waals surface area contributed by atoms with E-state index in [0.29, 0.717) is 0 Å². The lowest BCUT2D eigenvalue weighted by atomic mass is 10.00. The van der Waals surface area contributed by atoms with Crippen LogP contribution in [0, 0.1) is 13.8 Å². The Kier molecular flexibility index (Phi) is 5.59. The first-order valence-corrected chi connectivity index (χ1v) is 7.84. The van der Waals surface area contributed by atoms with E-state index in [2.05, 4.69) is 17.9 Å². The van der Waals surface area contributed by atoms with E-state index in [0.717, 1.165) is 37.8 Å². The van der Waals surface area contributed by atoms with Crippen LogP contribution in [0.1, 0.15) is 36.3 Å². The van der Waals surface area contributed by atoms with E-state index in [9.17, 15) is 13.2 Å². The van der Waals surface area contributed by atoms with Gasteiger partial charge < -0.3 is 14.3 Å². The number of halogens is 3. The smallest absolute Gasteiger partial charge is 0.475 e. The fourth-order valence-corrected chi connectivity index (χ4v) is 3.09. The minimum atomic E-state index is -5.08. The minimum Gasteiger partial charge on any atom is -0.475 e. The number of hydrogen-bond acceptors (Lipinski definition) is 4. The molecule has 8 heteroatoms. The van der Waals surface area contributed by atoms with Gasteiger partial charge in [0, 0.05) is 19.7 Å². The van der Waals surface area contributed by atoms with Crippen molar-refractivity contribution < 1.29 is 32.2 Å². The van der Waals surface area contributed by atoms with Crippen LogP contribution in [-0.4, -0.2) is 47.4 Å². The van der Waals surface area contributed by atoms with E-state index in [1.165, 1.54) is 24.8 Å². The van der Waals surface area contributed by atoms with Crippen molar-refractivity contribution in [3.63, 3.8) is 0 Å². The molecule has 0 radical (unpaired) electrons. The van der Waals surface area contributed by atoms with E-state index in [1.807, 2.05) is 6.92 Å². The summed E-state index contributed by atoms with van der Waals surface area (Å²) in [6.45, 7) is 8.23. The SMILES string of the molecule is Cc1cc(CN2CCC3(CCCO3)C2)oc1C.O=C(O)C(F)(F)F. The Balaban J connectivity index is 0.000000256. The highest BCUT2D eigenvalue weighted by Gasteiger charge is 2.41. The molecule has 3 heterocycles. The summed E-state index contributed by atoms with van der Waals surface area (Å²) in [7, 11) is 0. The fourth-order valence-electron chi connectivity index (χ4n) is 3.09. The summed E-state index contributed by atoms with van der Waals surface area (Å²) >= 11 is 0. The van der Waals surface area contributed by atoms with Gasteiger partial charge in [0.05, 0.1) is 12.1 Å². The number of aryl methyl sites for hydroxylation is 2. The molecule has 1 unspecified atom stereocenters. The second kappa shape index (κ2) is 7.14. The number of furan rings is 1. The van der Waals surface area contributed by atoms with Gasteiger partial charge in [-0.25, -0.2) is 4.79 Å². The first-order valence-electron chi connectivity index (χ1n) is 7.84. The zero-order valence-electron chi connectivity index (χ0n) is 13.8. The quantitative estimate of drug-likeness (QED) is 0.888. The lowest BCUT2D eigenvalue weighted by Crippen LogP contribution is -2.32. The van der Waals surface area contributed by atoms with Crippen molar-refractivity contribution in [3.05, 3.63) is 23.2 Å². The van der Waals surface area contributed by atoms with Crippen LogP contribution in [0.4, 0.5) is 13.2 Å². The molecule has 24 heavy (non-hydrogen) atoms. The highest BCUT2D eigenvalue weighted by Crippen LogP contribution is 2.35. The van der Waals surface area contributed by atoms with Crippen LogP contribution < -0.4 is 0 Å². The Morgan fingerprint density at radius 1 is 1.38 bits per heavy atom. The fraction of sp³-hybridized carbons (Fsp3) is 0.688. The molecule has 1 aromatic rings. The number of carboxylic acid groups (broad SMARTS) is 1. The molecule has 2 saturated heterocycles. The van der Waals surface area contributed by atoms with Gasteiger partial charge in [-0.3, -0.25) is 4.90 Å². The molecule has 2 aliphatic heterocycles. The van der Waals surface area contributed by atoms with E-state index in [-0.39, 0.29) is 5.60 Å². The largest absolute Gasteiger partial charge is 0.490 e. The zero-order chi connectivity index (χ0) is 18.0. The molecule has 2 aliphatic rings. The lowest BCUT2D eigenvalue weighted by Gasteiger charge is -2.22. The Morgan fingerprint density at radius 2 is 2.04 bits per heavy atom. The Bertz CT molecular complexity index is 557. The summed E-state index contributed by atoms with van der Waals surface area (Å²) in [5.74, 6) is -0.617. The van der Waals surface area contributed by atoms with Gasteiger partial charge >= 0.3 is 12.1 Å². The highest BCUT2D eigenvalue weighted by molar-refractivity contribution is 5.73. The van der Waals surface area contributed by atoms with E-state index < -0.39 is 12.1 Å². The van der Waals surface area contributed by atoms with Gasteiger partial charge in [-0.2, -0.15) is 13.2 Å². The van der Waals surface area contributed by atoms with Crippen molar-refractivity contribution >= 4 is 5.97 Å². The maximum Gasteiger partial charge on any atom is 0.490 e. The van der Waals surface area contributed by atoms with Gasteiger partial charge in [-0.15, -0.1) is 0 Å². The second-order valence-corrected chi connectivity index (χ2v) is 6.35. The molecule has 1 N–H and O–H groups in total. The van der Waals surface area contributed by atoms with Crippen molar-refractivity contribution in [2.24, 2.45) is 0 Å². The number of nitrogens with zero attached hydrogens (tertiary/aromatic N) is 1. The van der Waals surface area contributed by atoms with Crippen LogP contribution in [0.15, 0.2) is 10.5 Å². The third kappa shape index (κ3) is 4.73. The summed E-state index contributed by atoms with van der Waals surface area (Å²) in [5.41, 5.74) is 1.43. The predicted molar refractivity (Wildman–Crippen MR) is 79.7 cm³/mol. The standard InChI is InChI=1S/C14H21NO2.C2HF3O2/c1-11-8-13(17-12(11)2)9-15-6-5-14(10-15)4-3-7-16-14;3-2(4,5)1(6)7/h8H,3-7,9-10H2,1-2H3;(H,6,7). The molecule has 0 aromatic carbocycles. The molecule has 0 aliphatic carbocycles. The number of rotatable bonds is 2. The summed E-state index contributed by atoms with van der Waals surface area (Å²) in [6, 6.07) is 2.16. The van der Waals surface area contributed by atoms with Crippen molar-refractivity contribution in [1.82, 2.24) is 4.90 Å². The van der Waals surface area contributed by atoms with Crippen LogP contribution in [0.3, 0.4) is 0 Å². The third-order valence-corrected chi connectivity index (χ3v) is 4.42. The average Bonchev–Trinajstić information content (AvgIpc) is 3.15. The number of ether oxygens (including phenoxy) is 1. The first kappa shape index (κ1) is 18.8. The van der Waals surface area contributed by atoms with Crippen molar-refractivity contribution in [2.45, 2.75) is 51.4 Å². The van der Waals surface area contributed by atoms with Crippen molar-refractivity contribution in [3.8, 4) is 0 Å². The first-order chi connectivity index (χ1) is 11.1. The second-order valence-electron chi connectivity index (χ2n) is 6.35. The molecule has 1 spiro atoms. The maximum absolute atomic E-state index is 10.6. The van der Waals surface area contributed by atoms with Crippen LogP contribution in [0.5, 0.6) is 0 Å². The zero-order valence-corrected chi connectivity index (χ0v) is 13.8. The normalized spacial score (nSPS) is 24.2. The number of carbonyl (C=O) groups is 1. The van der Waals surface area contributed by atoms with Gasteiger partial charge in [0.2, 0.25) is 0 Å². The van der Waals surface area contributed by atoms with Gasteiger partial charge in [0.1, 0.15) is 11.5 Å². The molecule has 0 saturated carbocycles. The summed E-state index contributed by atoms with van der Waals surface area (Å²) in [5, 5.41) is 7.12. The molecule has 0 amide bonds. The lowest BCUT2D eigenvalue weighted by molar-refractivity contribution is -0.192. The average molecular weight is 349 g/mol. The molecular formula is C16H22F3NO4. The predicted octanol–water partition coefficient (Wildman–Crippen LogP) is 3.28. The molecule has 0 bridgehead atoms. The number of alkyl halides is 3. The summed E-state index contributed by atoms with van der Waals surface area (Å²) in [6.07, 6.45) is -1.43. The van der Waals surface area contributed by atoms with Crippen LogP contribution >= 0.6 is 0 Å². The van der Waals surface area contributed by atoms with Crippen LogP contribution in [-0.2, 0) is 16.1 Å². The molecule has 3 rings (SSSR count). The summed E-state index contributed by atoms with van der Waals surface area (Å²) < 4.78 is 43.4. The number of carboxylic acids is 1. The highest BCUT2D eigenvalue weighted by atomic mass is 19.4. The maximum atomic E-state index is 10.6. The van der Waals surface area contributed by atoms with Gasteiger partial charge in [-0.1, -0.05) is 0 Å². The van der Waals surface area contributed by atoms with Crippen molar-refractivity contribution in [1.29, 1.82) is 0 Å². The van der Waals surface area contributed by atoms with Crippen LogP contribution in [0.2, 0.25) is 0 Å². The Morgan fingerprint density at radius 3 is 2.50 bits per heavy atom. The number of hydrogen-bond donors (Lipinski definition) is 1. The molecule has 1 aromatic heterocycles. The Labute approximate surface area is 138 Å². The number of aliphatic carboxylic acids is 1. The molecule has 2 fully saturated rings.